The van der Waals surface area contributed by atoms with Gasteiger partial charge in [0.25, 0.3) is 0 Å². The molecule has 5 heteroatoms. The molecule has 0 amide bonds. The first-order valence-electron chi connectivity index (χ1n) is 5.57. The molecular formula is C13H13NO3S. The molecule has 0 aliphatic rings. The fraction of sp³-hybridized carbons (Fsp3) is 0.231. The molecule has 1 heterocycles. The first-order chi connectivity index (χ1) is 8.74. The summed E-state index contributed by atoms with van der Waals surface area (Å²) in [5, 5.41) is 9.56. The van der Waals surface area contributed by atoms with Gasteiger partial charge in [0.05, 0.1) is 18.0 Å². The topological polar surface area (TPSA) is 59.4 Å². The van der Waals surface area contributed by atoms with Gasteiger partial charge in [-0.05, 0) is 12.1 Å². The van der Waals surface area contributed by atoms with E-state index in [4.69, 9.17) is 9.84 Å². The third-order valence-electron chi connectivity index (χ3n) is 2.25. The van der Waals surface area contributed by atoms with Crippen LogP contribution in [0.5, 0.6) is 5.75 Å². The van der Waals surface area contributed by atoms with Crippen molar-refractivity contribution in [2.24, 2.45) is 0 Å². The van der Waals surface area contributed by atoms with Crippen molar-refractivity contribution in [3.05, 3.63) is 46.4 Å². The molecule has 0 saturated carbocycles. The summed E-state index contributed by atoms with van der Waals surface area (Å²) in [5.41, 5.74) is 0. The van der Waals surface area contributed by atoms with E-state index in [0.29, 0.717) is 13.0 Å². The highest BCUT2D eigenvalue weighted by Gasteiger charge is 2.06. The quantitative estimate of drug-likeness (QED) is 0.869. The van der Waals surface area contributed by atoms with E-state index < -0.39 is 5.97 Å². The van der Waals surface area contributed by atoms with Crippen molar-refractivity contribution in [3.8, 4) is 5.75 Å². The molecule has 2 rings (SSSR count). The van der Waals surface area contributed by atoms with Gasteiger partial charge in [-0.2, -0.15) is 0 Å². The van der Waals surface area contributed by atoms with Crippen LogP contribution in [0.3, 0.4) is 0 Å². The van der Waals surface area contributed by atoms with Crippen LogP contribution in [0.4, 0.5) is 0 Å². The number of rotatable bonds is 6. The van der Waals surface area contributed by atoms with Crippen molar-refractivity contribution in [3.63, 3.8) is 0 Å². The molecule has 0 unspecified atom stereocenters. The summed E-state index contributed by atoms with van der Waals surface area (Å²) in [6, 6.07) is 9.58. The van der Waals surface area contributed by atoms with Crippen LogP contribution in [0.2, 0.25) is 0 Å². The number of carboxylic acid groups (broad SMARTS) is 1. The molecule has 0 saturated heterocycles. The number of carboxylic acids is 1. The summed E-state index contributed by atoms with van der Waals surface area (Å²) in [4.78, 5) is 15.5. The molecule has 0 atom stereocenters. The van der Waals surface area contributed by atoms with Crippen LogP contribution in [0.1, 0.15) is 9.88 Å². The summed E-state index contributed by atoms with van der Waals surface area (Å²) in [6.45, 7) is 0.546. The largest absolute Gasteiger partial charge is 0.493 e. The smallest absolute Gasteiger partial charge is 0.308 e. The lowest BCUT2D eigenvalue weighted by molar-refractivity contribution is -0.136. The standard InChI is InChI=1S/C13H13NO3S/c15-13(16)8-11-9-14-12(18-11)6-7-17-10-4-2-1-3-5-10/h1-5,9H,6-8H2,(H,15,16). The molecule has 0 aliphatic heterocycles. The fourth-order valence-electron chi connectivity index (χ4n) is 1.47. The van der Waals surface area contributed by atoms with Gasteiger partial charge in [0.2, 0.25) is 0 Å². The van der Waals surface area contributed by atoms with Gasteiger partial charge in [-0.25, -0.2) is 4.98 Å². The number of para-hydroxylation sites is 1. The lowest BCUT2D eigenvalue weighted by Crippen LogP contribution is -2.00. The van der Waals surface area contributed by atoms with Gasteiger partial charge in [0.1, 0.15) is 5.75 Å². The Morgan fingerprint density at radius 1 is 1.33 bits per heavy atom. The summed E-state index contributed by atoms with van der Waals surface area (Å²) < 4.78 is 5.55. The molecule has 0 aliphatic carbocycles. The molecule has 18 heavy (non-hydrogen) atoms. The van der Waals surface area contributed by atoms with E-state index in [-0.39, 0.29) is 6.42 Å². The fourth-order valence-corrected chi connectivity index (χ4v) is 2.36. The third kappa shape index (κ3) is 3.85. The predicted octanol–water partition coefficient (Wildman–Crippen LogP) is 2.39. The summed E-state index contributed by atoms with van der Waals surface area (Å²) in [6.07, 6.45) is 2.35. The number of aromatic nitrogens is 1. The summed E-state index contributed by atoms with van der Waals surface area (Å²) in [7, 11) is 0. The van der Waals surface area contributed by atoms with Crippen molar-refractivity contribution < 1.29 is 14.6 Å². The number of carbonyl (C=O) groups is 1. The maximum absolute atomic E-state index is 10.5. The highest BCUT2D eigenvalue weighted by atomic mass is 32.1. The monoisotopic (exact) mass is 263 g/mol. The van der Waals surface area contributed by atoms with Crippen LogP contribution in [0.15, 0.2) is 36.5 Å². The normalized spacial score (nSPS) is 10.2. The zero-order valence-electron chi connectivity index (χ0n) is 9.70. The van der Waals surface area contributed by atoms with E-state index in [1.165, 1.54) is 11.3 Å². The van der Waals surface area contributed by atoms with E-state index in [1.807, 2.05) is 30.3 Å². The van der Waals surface area contributed by atoms with Crippen LogP contribution < -0.4 is 4.74 Å². The SMILES string of the molecule is O=C(O)Cc1cnc(CCOc2ccccc2)s1. The maximum Gasteiger partial charge on any atom is 0.308 e. The van der Waals surface area contributed by atoms with Crippen molar-refractivity contribution >= 4 is 17.3 Å². The molecule has 4 nitrogen and oxygen atoms in total. The molecule has 0 bridgehead atoms. The van der Waals surface area contributed by atoms with E-state index in [2.05, 4.69) is 4.98 Å². The zero-order chi connectivity index (χ0) is 12.8. The molecular weight excluding hydrogens is 250 g/mol. The van der Waals surface area contributed by atoms with E-state index >= 15 is 0 Å². The minimum atomic E-state index is -0.828. The van der Waals surface area contributed by atoms with Crippen molar-refractivity contribution in [2.45, 2.75) is 12.8 Å². The van der Waals surface area contributed by atoms with E-state index in [1.54, 1.807) is 6.20 Å². The third-order valence-corrected chi connectivity index (χ3v) is 3.31. The molecule has 0 fully saturated rings. The van der Waals surface area contributed by atoms with Gasteiger partial charge < -0.3 is 9.84 Å². The molecule has 1 N–H and O–H groups in total. The van der Waals surface area contributed by atoms with Crippen molar-refractivity contribution in [2.75, 3.05) is 6.61 Å². The predicted molar refractivity (Wildman–Crippen MR) is 69.1 cm³/mol. The second-order valence-corrected chi connectivity index (χ2v) is 4.90. The Morgan fingerprint density at radius 3 is 2.83 bits per heavy atom. The Balaban J connectivity index is 1.80. The Hall–Kier alpha value is -1.88. The van der Waals surface area contributed by atoms with Gasteiger partial charge in [-0.1, -0.05) is 18.2 Å². The van der Waals surface area contributed by atoms with Gasteiger partial charge in [0.15, 0.2) is 0 Å². The van der Waals surface area contributed by atoms with Gasteiger partial charge in [-0.15, -0.1) is 11.3 Å². The van der Waals surface area contributed by atoms with Crippen LogP contribution in [-0.4, -0.2) is 22.7 Å². The maximum atomic E-state index is 10.5. The minimum absolute atomic E-state index is 0.0389. The average molecular weight is 263 g/mol. The number of benzene rings is 1. The summed E-state index contributed by atoms with van der Waals surface area (Å²) in [5.74, 6) is 0.00514. The number of hydrogen-bond acceptors (Lipinski definition) is 4. The molecule has 0 radical (unpaired) electrons. The molecule has 94 valence electrons. The summed E-state index contributed by atoms with van der Waals surface area (Å²) >= 11 is 1.42. The van der Waals surface area contributed by atoms with E-state index in [0.717, 1.165) is 15.6 Å². The minimum Gasteiger partial charge on any atom is -0.493 e. The van der Waals surface area contributed by atoms with Gasteiger partial charge in [0, 0.05) is 17.5 Å². The number of thiazole rings is 1. The second-order valence-electron chi connectivity index (χ2n) is 3.70. The first kappa shape index (κ1) is 12.6. The molecule has 1 aromatic carbocycles. The van der Waals surface area contributed by atoms with E-state index in [9.17, 15) is 4.79 Å². The van der Waals surface area contributed by atoms with Crippen LogP contribution >= 0.6 is 11.3 Å². The molecule has 0 spiro atoms. The zero-order valence-corrected chi connectivity index (χ0v) is 10.5. The Kier molecular flexibility index (Phi) is 4.30. The number of ether oxygens (including phenoxy) is 1. The van der Waals surface area contributed by atoms with Gasteiger partial charge >= 0.3 is 5.97 Å². The van der Waals surface area contributed by atoms with Crippen molar-refractivity contribution in [1.29, 1.82) is 0 Å². The second kappa shape index (κ2) is 6.16. The molecule has 1 aromatic heterocycles. The molecule has 2 aromatic rings. The highest BCUT2D eigenvalue weighted by molar-refractivity contribution is 7.11. The van der Waals surface area contributed by atoms with Crippen LogP contribution in [-0.2, 0) is 17.6 Å². The number of aliphatic carboxylic acids is 1. The van der Waals surface area contributed by atoms with Crippen LogP contribution in [0.25, 0.3) is 0 Å². The average Bonchev–Trinajstić information content (AvgIpc) is 2.77. The lowest BCUT2D eigenvalue weighted by atomic mass is 10.3. The van der Waals surface area contributed by atoms with Crippen LogP contribution in [0, 0.1) is 0 Å². The number of hydrogen-bond donors (Lipinski definition) is 1. The Morgan fingerprint density at radius 2 is 2.11 bits per heavy atom. The Bertz CT molecular complexity index is 510. The van der Waals surface area contributed by atoms with Gasteiger partial charge in [-0.3, -0.25) is 4.79 Å². The Labute approximate surface area is 109 Å². The lowest BCUT2D eigenvalue weighted by Gasteiger charge is -2.03. The number of nitrogens with zero attached hydrogens (tertiary/aromatic N) is 1. The van der Waals surface area contributed by atoms with Crippen molar-refractivity contribution in [1.82, 2.24) is 4.98 Å². The highest BCUT2D eigenvalue weighted by Crippen LogP contribution is 2.15. The first-order valence-corrected chi connectivity index (χ1v) is 6.39.